The largest absolute Gasteiger partial charge is 0.484 e. The molecule has 2 aromatic carbocycles. The molecule has 4 heteroatoms. The van der Waals surface area contributed by atoms with Crippen molar-refractivity contribution in [2.75, 3.05) is 11.9 Å². The third kappa shape index (κ3) is 3.58. The number of aryl methyl sites for hydroxylation is 2. The van der Waals surface area contributed by atoms with Crippen LogP contribution in [0.4, 0.5) is 5.69 Å². The van der Waals surface area contributed by atoms with Crippen molar-refractivity contribution >= 4 is 11.6 Å². The number of nitrogens with one attached hydrogen (secondary N) is 1. The molecule has 0 radical (unpaired) electrons. The minimum absolute atomic E-state index is 0.0906. The molecule has 1 aliphatic rings. The summed E-state index contributed by atoms with van der Waals surface area (Å²) in [6, 6.07) is 14.3. The Morgan fingerprint density at radius 2 is 1.86 bits per heavy atom. The molecule has 3 rings (SSSR count). The Morgan fingerprint density at radius 3 is 2.64 bits per heavy atom. The topological polar surface area (TPSA) is 64.4 Å². The van der Waals surface area contributed by atoms with E-state index in [1.54, 1.807) is 0 Å². The zero-order valence-electron chi connectivity index (χ0n) is 12.5. The highest BCUT2D eigenvalue weighted by molar-refractivity contribution is 5.75. The molecular weight excluding hydrogens is 276 g/mol. The molecule has 0 fully saturated rings. The Kier molecular flexibility index (Phi) is 4.28. The quantitative estimate of drug-likeness (QED) is 0.861. The number of benzene rings is 2. The van der Waals surface area contributed by atoms with Crippen LogP contribution in [-0.4, -0.2) is 12.5 Å². The lowest BCUT2D eigenvalue weighted by Gasteiger charge is -2.09. The summed E-state index contributed by atoms with van der Waals surface area (Å²) in [5.74, 6) is 0.183. The van der Waals surface area contributed by atoms with Gasteiger partial charge >= 0.3 is 0 Å². The highest BCUT2D eigenvalue weighted by Crippen LogP contribution is 2.25. The molecule has 3 N–H and O–H groups in total. The van der Waals surface area contributed by atoms with E-state index in [-0.39, 0.29) is 6.61 Å². The highest BCUT2D eigenvalue weighted by atomic mass is 16.5. The lowest BCUT2D eigenvalue weighted by Crippen LogP contribution is -2.19. The van der Waals surface area contributed by atoms with E-state index >= 15 is 0 Å². The molecule has 0 bridgehead atoms. The van der Waals surface area contributed by atoms with Crippen molar-refractivity contribution in [2.45, 2.75) is 25.8 Å². The third-order valence-corrected chi connectivity index (χ3v) is 3.90. The summed E-state index contributed by atoms with van der Waals surface area (Å²) in [5.41, 5.74) is 10.3. The molecule has 0 saturated heterocycles. The van der Waals surface area contributed by atoms with Crippen LogP contribution in [0.5, 0.6) is 5.75 Å². The monoisotopic (exact) mass is 296 g/mol. The molecule has 0 atom stereocenters. The van der Waals surface area contributed by atoms with E-state index in [4.69, 9.17) is 10.5 Å². The van der Waals surface area contributed by atoms with E-state index in [1.165, 1.54) is 30.4 Å². The average Bonchev–Trinajstić information content (AvgIpc) is 2.99. The molecule has 0 aliphatic heterocycles. The molecule has 0 aromatic heterocycles. The summed E-state index contributed by atoms with van der Waals surface area (Å²) in [6.45, 7) is 0.668. The summed E-state index contributed by atoms with van der Waals surface area (Å²) in [7, 11) is 0. The van der Waals surface area contributed by atoms with E-state index in [0.29, 0.717) is 5.75 Å². The number of hydrogen-bond acceptors (Lipinski definition) is 3. The number of carbonyl (C=O) groups is 1. The fraction of sp³-hybridized carbons (Fsp3) is 0.278. The predicted octanol–water partition coefficient (Wildman–Crippen LogP) is 2.65. The van der Waals surface area contributed by atoms with Crippen molar-refractivity contribution < 1.29 is 9.53 Å². The van der Waals surface area contributed by atoms with Crippen LogP contribution in [0.15, 0.2) is 42.5 Å². The van der Waals surface area contributed by atoms with Gasteiger partial charge in [-0.1, -0.05) is 18.2 Å². The molecule has 4 nitrogen and oxygen atoms in total. The molecule has 1 aliphatic carbocycles. The van der Waals surface area contributed by atoms with Gasteiger partial charge < -0.3 is 15.8 Å². The lowest BCUT2D eigenvalue weighted by molar-refractivity contribution is -0.119. The number of amides is 1. The van der Waals surface area contributed by atoms with E-state index in [1.807, 2.05) is 24.3 Å². The van der Waals surface area contributed by atoms with Crippen LogP contribution < -0.4 is 15.8 Å². The van der Waals surface area contributed by atoms with Gasteiger partial charge in [0.2, 0.25) is 0 Å². The second-order valence-electron chi connectivity index (χ2n) is 5.59. The van der Waals surface area contributed by atoms with Gasteiger partial charge in [-0.25, -0.2) is 0 Å². The maximum Gasteiger partial charge on any atom is 0.255 e. The summed E-state index contributed by atoms with van der Waals surface area (Å²) in [5, 5.41) is 3.45. The standard InChI is InChI=1S/C18H20N2O2/c19-18(21)12-22-17-8-4-13(5-9-17)11-20-16-7-6-14-2-1-3-15(14)10-16/h4-10,20H,1-3,11-12H2,(H2,19,21). The molecule has 0 saturated carbocycles. The average molecular weight is 296 g/mol. The fourth-order valence-corrected chi connectivity index (χ4v) is 2.74. The Balaban J connectivity index is 1.56. The number of fused-ring (bicyclic) bond motifs is 1. The van der Waals surface area contributed by atoms with E-state index in [0.717, 1.165) is 17.8 Å². The first kappa shape index (κ1) is 14.4. The van der Waals surface area contributed by atoms with Crippen molar-refractivity contribution in [1.82, 2.24) is 0 Å². The number of hydrogen-bond donors (Lipinski definition) is 2. The molecule has 1 amide bonds. The summed E-state index contributed by atoms with van der Waals surface area (Å²) in [6.07, 6.45) is 3.67. The number of primary amides is 1. The Bertz CT molecular complexity index is 665. The van der Waals surface area contributed by atoms with Gasteiger partial charge in [-0.2, -0.15) is 0 Å². The van der Waals surface area contributed by atoms with Crippen molar-refractivity contribution in [3.05, 3.63) is 59.2 Å². The van der Waals surface area contributed by atoms with Crippen LogP contribution in [0, 0.1) is 0 Å². The Morgan fingerprint density at radius 1 is 1.09 bits per heavy atom. The number of rotatable bonds is 6. The van der Waals surface area contributed by atoms with Gasteiger partial charge in [0, 0.05) is 12.2 Å². The first-order chi connectivity index (χ1) is 10.7. The van der Waals surface area contributed by atoms with Gasteiger partial charge in [-0.3, -0.25) is 4.79 Å². The van der Waals surface area contributed by atoms with Crippen LogP contribution in [-0.2, 0) is 24.2 Å². The number of ether oxygens (including phenoxy) is 1. The molecule has 2 aromatic rings. The van der Waals surface area contributed by atoms with Crippen molar-refractivity contribution in [3.63, 3.8) is 0 Å². The van der Waals surface area contributed by atoms with Gasteiger partial charge in [0.05, 0.1) is 0 Å². The second-order valence-corrected chi connectivity index (χ2v) is 5.59. The zero-order valence-corrected chi connectivity index (χ0v) is 12.5. The normalized spacial score (nSPS) is 12.7. The van der Waals surface area contributed by atoms with Gasteiger partial charge in [0.25, 0.3) is 5.91 Å². The minimum atomic E-state index is -0.470. The number of anilines is 1. The summed E-state index contributed by atoms with van der Waals surface area (Å²) < 4.78 is 5.24. The van der Waals surface area contributed by atoms with E-state index in [9.17, 15) is 4.79 Å². The fourth-order valence-electron chi connectivity index (χ4n) is 2.74. The second kappa shape index (κ2) is 6.52. The number of carbonyl (C=O) groups excluding carboxylic acids is 1. The van der Waals surface area contributed by atoms with E-state index in [2.05, 4.69) is 23.5 Å². The summed E-state index contributed by atoms with van der Waals surface area (Å²) in [4.78, 5) is 10.7. The first-order valence-corrected chi connectivity index (χ1v) is 7.56. The predicted molar refractivity (Wildman–Crippen MR) is 86.9 cm³/mol. The molecular formula is C18H20N2O2. The van der Waals surface area contributed by atoms with Crippen molar-refractivity contribution in [3.8, 4) is 5.75 Å². The molecule has 114 valence electrons. The van der Waals surface area contributed by atoms with Crippen LogP contribution in [0.3, 0.4) is 0 Å². The third-order valence-electron chi connectivity index (χ3n) is 3.90. The van der Waals surface area contributed by atoms with Crippen molar-refractivity contribution in [2.24, 2.45) is 5.73 Å². The van der Waals surface area contributed by atoms with E-state index < -0.39 is 5.91 Å². The van der Waals surface area contributed by atoms with Crippen LogP contribution >= 0.6 is 0 Å². The van der Waals surface area contributed by atoms with Gasteiger partial charge in [0.15, 0.2) is 6.61 Å². The maximum atomic E-state index is 10.7. The SMILES string of the molecule is NC(=O)COc1ccc(CNc2ccc3c(c2)CCC3)cc1. The number of nitrogens with two attached hydrogens (primary N) is 1. The molecule has 0 unspecified atom stereocenters. The first-order valence-electron chi connectivity index (χ1n) is 7.56. The zero-order chi connectivity index (χ0) is 15.4. The lowest BCUT2D eigenvalue weighted by atomic mass is 10.1. The Labute approximate surface area is 130 Å². The van der Waals surface area contributed by atoms with Crippen LogP contribution in [0.1, 0.15) is 23.1 Å². The van der Waals surface area contributed by atoms with Crippen LogP contribution in [0.2, 0.25) is 0 Å². The van der Waals surface area contributed by atoms with Gasteiger partial charge in [-0.05, 0) is 60.2 Å². The Hall–Kier alpha value is -2.49. The molecule has 22 heavy (non-hydrogen) atoms. The maximum absolute atomic E-state index is 10.7. The smallest absolute Gasteiger partial charge is 0.255 e. The summed E-state index contributed by atoms with van der Waals surface area (Å²) >= 11 is 0. The van der Waals surface area contributed by atoms with Crippen molar-refractivity contribution in [1.29, 1.82) is 0 Å². The molecule has 0 heterocycles. The molecule has 0 spiro atoms. The van der Waals surface area contributed by atoms with Crippen LogP contribution in [0.25, 0.3) is 0 Å². The van der Waals surface area contributed by atoms with Gasteiger partial charge in [0.1, 0.15) is 5.75 Å². The highest BCUT2D eigenvalue weighted by Gasteiger charge is 2.10. The minimum Gasteiger partial charge on any atom is -0.484 e. The van der Waals surface area contributed by atoms with Gasteiger partial charge in [-0.15, -0.1) is 0 Å².